The van der Waals surface area contributed by atoms with Gasteiger partial charge < -0.3 is 20.5 Å². The van der Waals surface area contributed by atoms with Gasteiger partial charge in [0.25, 0.3) is 0 Å². The van der Waals surface area contributed by atoms with E-state index in [1.807, 2.05) is 48.5 Å². The molecular formula is C20H21N3O3S. The van der Waals surface area contributed by atoms with Crippen LogP contribution < -0.4 is 20.5 Å². The molecule has 0 aliphatic heterocycles. The first-order chi connectivity index (χ1) is 13.0. The highest BCUT2D eigenvalue weighted by atomic mass is 32.1. The molecule has 0 fully saturated rings. The first-order valence-corrected chi connectivity index (χ1v) is 9.19. The van der Waals surface area contributed by atoms with Crippen molar-refractivity contribution in [2.45, 2.75) is 13.0 Å². The first kappa shape index (κ1) is 18.9. The van der Waals surface area contributed by atoms with Gasteiger partial charge in [0.1, 0.15) is 11.5 Å². The molecule has 1 amide bonds. The van der Waals surface area contributed by atoms with Gasteiger partial charge in [0, 0.05) is 5.56 Å². The van der Waals surface area contributed by atoms with Gasteiger partial charge in [-0.15, -0.1) is 0 Å². The van der Waals surface area contributed by atoms with Gasteiger partial charge in [-0.1, -0.05) is 11.3 Å². The van der Waals surface area contributed by atoms with Crippen LogP contribution in [0.5, 0.6) is 11.5 Å². The summed E-state index contributed by atoms with van der Waals surface area (Å²) < 4.78 is 10.5. The van der Waals surface area contributed by atoms with Crippen LogP contribution in [0.1, 0.15) is 6.92 Å². The van der Waals surface area contributed by atoms with Gasteiger partial charge in [-0.2, -0.15) is 0 Å². The molecule has 3 aromatic rings. The van der Waals surface area contributed by atoms with Gasteiger partial charge in [0.05, 0.1) is 30.8 Å². The van der Waals surface area contributed by atoms with Gasteiger partial charge in [-0.05, 0) is 61.0 Å². The van der Waals surface area contributed by atoms with E-state index in [1.165, 1.54) is 11.3 Å². The average molecular weight is 383 g/mol. The van der Waals surface area contributed by atoms with E-state index < -0.39 is 6.04 Å². The van der Waals surface area contributed by atoms with Gasteiger partial charge in [-0.25, -0.2) is 4.98 Å². The monoisotopic (exact) mass is 383 g/mol. The molecule has 1 atom stereocenters. The van der Waals surface area contributed by atoms with E-state index in [0.29, 0.717) is 5.13 Å². The molecule has 140 valence electrons. The minimum absolute atomic E-state index is 0.272. The molecule has 1 aromatic heterocycles. The van der Waals surface area contributed by atoms with Crippen LogP contribution in [0.2, 0.25) is 0 Å². The summed E-state index contributed by atoms with van der Waals surface area (Å²) in [5, 5.41) is 3.29. The van der Waals surface area contributed by atoms with Crippen LogP contribution in [0.25, 0.3) is 21.7 Å². The lowest BCUT2D eigenvalue weighted by molar-refractivity contribution is -0.117. The Labute approximate surface area is 162 Å². The van der Waals surface area contributed by atoms with Crippen molar-refractivity contribution in [2.75, 3.05) is 19.5 Å². The van der Waals surface area contributed by atoms with Crippen LogP contribution in [0.4, 0.5) is 5.13 Å². The highest BCUT2D eigenvalue weighted by molar-refractivity contribution is 7.19. The molecule has 0 saturated carbocycles. The quantitative estimate of drug-likeness (QED) is 0.676. The average Bonchev–Trinajstić information content (AvgIpc) is 3.11. The van der Waals surface area contributed by atoms with Gasteiger partial charge in [0.15, 0.2) is 5.13 Å². The van der Waals surface area contributed by atoms with Crippen molar-refractivity contribution < 1.29 is 14.3 Å². The zero-order valence-corrected chi connectivity index (χ0v) is 16.2. The van der Waals surface area contributed by atoms with Gasteiger partial charge in [-0.3, -0.25) is 4.79 Å². The maximum atomic E-state index is 12.0. The van der Waals surface area contributed by atoms with Crippen LogP contribution >= 0.6 is 11.3 Å². The Morgan fingerprint density at radius 3 is 2.00 bits per heavy atom. The summed E-state index contributed by atoms with van der Waals surface area (Å²) >= 11 is 1.41. The number of aromatic nitrogens is 1. The molecule has 0 bridgehead atoms. The second kappa shape index (κ2) is 8.20. The number of thiazole rings is 1. The van der Waals surface area contributed by atoms with E-state index in [-0.39, 0.29) is 5.91 Å². The number of hydrogen-bond donors (Lipinski definition) is 2. The Balaban J connectivity index is 2.04. The molecule has 3 N–H and O–H groups in total. The summed E-state index contributed by atoms with van der Waals surface area (Å²) in [6.45, 7) is 1.64. The highest BCUT2D eigenvalue weighted by Crippen LogP contribution is 2.40. The standard InChI is InChI=1S/C20H21N3O3S/c1-12(21)19(24)23-20-22-17(13-4-8-15(25-2)9-5-13)18(27-20)14-6-10-16(26-3)11-7-14/h4-12H,21H2,1-3H3,(H,22,23,24)/t12-/m0/s1. The molecule has 0 radical (unpaired) electrons. The lowest BCUT2D eigenvalue weighted by atomic mass is 10.1. The number of carbonyl (C=O) groups is 1. The molecule has 0 saturated heterocycles. The number of hydrogen-bond acceptors (Lipinski definition) is 6. The molecule has 0 spiro atoms. The van der Waals surface area contributed by atoms with E-state index >= 15 is 0 Å². The van der Waals surface area contributed by atoms with Crippen molar-refractivity contribution in [3.63, 3.8) is 0 Å². The Hall–Kier alpha value is -2.90. The summed E-state index contributed by atoms with van der Waals surface area (Å²) in [7, 11) is 3.26. The number of methoxy groups -OCH3 is 2. The van der Waals surface area contributed by atoms with Crippen molar-refractivity contribution >= 4 is 22.4 Å². The van der Waals surface area contributed by atoms with Crippen LogP contribution in [-0.4, -0.2) is 31.2 Å². The van der Waals surface area contributed by atoms with E-state index in [2.05, 4.69) is 10.3 Å². The zero-order chi connectivity index (χ0) is 19.4. The predicted octanol–water partition coefficient (Wildman–Crippen LogP) is 3.78. The maximum absolute atomic E-state index is 12.0. The number of anilines is 1. The number of carbonyl (C=O) groups excluding carboxylic acids is 1. The predicted molar refractivity (Wildman–Crippen MR) is 108 cm³/mol. The number of amides is 1. The summed E-state index contributed by atoms with van der Waals surface area (Å²) in [5.41, 5.74) is 8.35. The Bertz CT molecular complexity index is 854. The lowest BCUT2D eigenvalue weighted by Crippen LogP contribution is -2.32. The molecule has 27 heavy (non-hydrogen) atoms. The third-order valence-electron chi connectivity index (χ3n) is 3.99. The molecule has 6 nitrogen and oxygen atoms in total. The van der Waals surface area contributed by atoms with E-state index in [9.17, 15) is 4.79 Å². The topological polar surface area (TPSA) is 86.5 Å². The minimum atomic E-state index is -0.609. The Morgan fingerprint density at radius 1 is 1.00 bits per heavy atom. The first-order valence-electron chi connectivity index (χ1n) is 8.38. The second-order valence-electron chi connectivity index (χ2n) is 5.93. The fourth-order valence-corrected chi connectivity index (χ4v) is 3.47. The minimum Gasteiger partial charge on any atom is -0.497 e. The fourth-order valence-electron chi connectivity index (χ4n) is 2.48. The molecule has 7 heteroatoms. The van der Waals surface area contributed by atoms with Crippen LogP contribution in [0.15, 0.2) is 48.5 Å². The lowest BCUT2D eigenvalue weighted by Gasteiger charge is -2.05. The largest absolute Gasteiger partial charge is 0.497 e. The molecule has 2 aromatic carbocycles. The maximum Gasteiger partial charge on any atom is 0.242 e. The summed E-state index contributed by atoms with van der Waals surface area (Å²) in [6.07, 6.45) is 0. The van der Waals surface area contributed by atoms with E-state index in [1.54, 1.807) is 21.1 Å². The molecule has 0 aliphatic carbocycles. The second-order valence-corrected chi connectivity index (χ2v) is 6.93. The normalized spacial score (nSPS) is 11.7. The Kier molecular flexibility index (Phi) is 5.73. The molecule has 1 heterocycles. The number of rotatable bonds is 6. The fraction of sp³-hybridized carbons (Fsp3) is 0.200. The van der Waals surface area contributed by atoms with Crippen molar-refractivity contribution in [3.05, 3.63) is 48.5 Å². The molecule has 0 unspecified atom stereocenters. The summed E-state index contributed by atoms with van der Waals surface area (Å²) in [6, 6.07) is 14.8. The van der Waals surface area contributed by atoms with Crippen molar-refractivity contribution in [2.24, 2.45) is 5.73 Å². The summed E-state index contributed by atoms with van der Waals surface area (Å²) in [4.78, 5) is 17.6. The SMILES string of the molecule is COc1ccc(-c2nc(NC(=O)[C@H](C)N)sc2-c2ccc(OC)cc2)cc1. The molecule has 0 aliphatic rings. The molecule has 3 rings (SSSR count). The Morgan fingerprint density at radius 2 is 1.52 bits per heavy atom. The number of ether oxygens (including phenoxy) is 2. The molecular weight excluding hydrogens is 362 g/mol. The van der Waals surface area contributed by atoms with Gasteiger partial charge >= 0.3 is 0 Å². The van der Waals surface area contributed by atoms with Gasteiger partial charge in [0.2, 0.25) is 5.91 Å². The van der Waals surface area contributed by atoms with E-state index in [4.69, 9.17) is 15.2 Å². The van der Waals surface area contributed by atoms with Crippen molar-refractivity contribution in [1.29, 1.82) is 0 Å². The third-order valence-corrected chi connectivity index (χ3v) is 5.01. The number of nitrogens with zero attached hydrogens (tertiary/aromatic N) is 1. The van der Waals surface area contributed by atoms with E-state index in [0.717, 1.165) is 33.2 Å². The summed E-state index contributed by atoms with van der Waals surface area (Å²) in [5.74, 6) is 1.27. The highest BCUT2D eigenvalue weighted by Gasteiger charge is 2.18. The smallest absolute Gasteiger partial charge is 0.242 e. The zero-order valence-electron chi connectivity index (χ0n) is 15.4. The van der Waals surface area contributed by atoms with Crippen molar-refractivity contribution in [3.8, 4) is 33.2 Å². The van der Waals surface area contributed by atoms with Crippen molar-refractivity contribution in [1.82, 2.24) is 4.98 Å². The number of nitrogens with one attached hydrogen (secondary N) is 1. The van der Waals surface area contributed by atoms with Crippen LogP contribution in [-0.2, 0) is 4.79 Å². The van der Waals surface area contributed by atoms with Crippen LogP contribution in [0, 0.1) is 0 Å². The number of nitrogens with two attached hydrogens (primary N) is 1. The number of benzene rings is 2. The third kappa shape index (κ3) is 4.27. The van der Waals surface area contributed by atoms with Crippen LogP contribution in [0.3, 0.4) is 0 Å².